The topological polar surface area (TPSA) is 115 Å². The third kappa shape index (κ3) is 7.07. The molecule has 2 aromatic carbocycles. The van der Waals surface area contributed by atoms with Gasteiger partial charge in [-0.3, -0.25) is 9.59 Å². The standard InChI is InChI=1S/C27H31N5O4S/c1-6-14-32-24(23(17(2)3)29-25(34)19-11-9-10-18(4)15-19)30-31-27(32)37-16-22(33)28-21-13-8-7-12-20(21)26(35)36-5/h6-13,15,17,23H,1,14,16H2,2-5H3,(H,28,33)(H,29,34)/t23-/m1/s1. The van der Waals surface area contributed by atoms with Crippen molar-refractivity contribution in [1.82, 2.24) is 20.1 Å². The highest BCUT2D eigenvalue weighted by molar-refractivity contribution is 7.99. The fourth-order valence-corrected chi connectivity index (χ4v) is 4.43. The monoisotopic (exact) mass is 521 g/mol. The fourth-order valence-electron chi connectivity index (χ4n) is 3.67. The maximum Gasteiger partial charge on any atom is 0.339 e. The van der Waals surface area contributed by atoms with Gasteiger partial charge in [-0.05, 0) is 37.1 Å². The highest BCUT2D eigenvalue weighted by Crippen LogP contribution is 2.26. The molecule has 37 heavy (non-hydrogen) atoms. The fraction of sp³-hybridized carbons (Fsp3) is 0.296. The van der Waals surface area contributed by atoms with Crippen LogP contribution >= 0.6 is 11.8 Å². The number of allylic oxidation sites excluding steroid dienone is 1. The molecule has 0 aliphatic carbocycles. The lowest BCUT2D eigenvalue weighted by molar-refractivity contribution is -0.113. The molecule has 1 aromatic heterocycles. The SMILES string of the molecule is C=CCn1c(SCC(=O)Nc2ccccc2C(=O)OC)nnc1[C@H](NC(=O)c1cccc(C)c1)C(C)C. The number of benzene rings is 2. The van der Waals surface area contributed by atoms with Crippen molar-refractivity contribution in [2.75, 3.05) is 18.2 Å². The molecule has 0 saturated carbocycles. The Hall–Kier alpha value is -3.92. The molecule has 3 rings (SSSR count). The Kier molecular flexibility index (Phi) is 9.62. The zero-order valence-electron chi connectivity index (χ0n) is 21.4. The van der Waals surface area contributed by atoms with Gasteiger partial charge in [-0.25, -0.2) is 4.79 Å². The Balaban J connectivity index is 1.76. The second-order valence-electron chi connectivity index (χ2n) is 8.68. The summed E-state index contributed by atoms with van der Waals surface area (Å²) in [6.07, 6.45) is 1.71. The van der Waals surface area contributed by atoms with Crippen LogP contribution in [0.5, 0.6) is 0 Å². The van der Waals surface area contributed by atoms with Crippen molar-refractivity contribution in [2.45, 2.75) is 38.5 Å². The van der Waals surface area contributed by atoms with Crippen molar-refractivity contribution < 1.29 is 19.1 Å². The number of amides is 2. The second-order valence-corrected chi connectivity index (χ2v) is 9.62. The number of aromatic nitrogens is 3. The summed E-state index contributed by atoms with van der Waals surface area (Å²) in [5.41, 5.74) is 2.20. The van der Waals surface area contributed by atoms with Crippen LogP contribution in [0.1, 0.15) is 52.0 Å². The normalized spacial score (nSPS) is 11.6. The van der Waals surface area contributed by atoms with Crippen LogP contribution < -0.4 is 10.6 Å². The van der Waals surface area contributed by atoms with Crippen molar-refractivity contribution in [3.8, 4) is 0 Å². The summed E-state index contributed by atoms with van der Waals surface area (Å²) >= 11 is 1.20. The van der Waals surface area contributed by atoms with Gasteiger partial charge in [-0.2, -0.15) is 0 Å². The van der Waals surface area contributed by atoms with E-state index in [2.05, 4.69) is 27.4 Å². The molecular weight excluding hydrogens is 490 g/mol. The summed E-state index contributed by atoms with van der Waals surface area (Å²) in [6, 6.07) is 13.6. The van der Waals surface area contributed by atoms with Gasteiger partial charge in [0.15, 0.2) is 11.0 Å². The van der Waals surface area contributed by atoms with Crippen LogP contribution in [-0.2, 0) is 16.1 Å². The summed E-state index contributed by atoms with van der Waals surface area (Å²) < 4.78 is 6.62. The number of rotatable bonds is 11. The van der Waals surface area contributed by atoms with Gasteiger partial charge in [0, 0.05) is 12.1 Å². The number of carbonyl (C=O) groups excluding carboxylic acids is 3. The smallest absolute Gasteiger partial charge is 0.339 e. The Labute approximate surface area is 220 Å². The van der Waals surface area contributed by atoms with Crippen molar-refractivity contribution in [3.05, 3.63) is 83.7 Å². The van der Waals surface area contributed by atoms with Crippen LogP contribution in [0.4, 0.5) is 5.69 Å². The molecule has 1 heterocycles. The van der Waals surface area contributed by atoms with Gasteiger partial charge >= 0.3 is 5.97 Å². The highest BCUT2D eigenvalue weighted by Gasteiger charge is 2.26. The summed E-state index contributed by atoms with van der Waals surface area (Å²) in [7, 11) is 1.29. The van der Waals surface area contributed by atoms with Crippen LogP contribution in [0.3, 0.4) is 0 Å². The molecule has 0 spiro atoms. The first-order valence-corrected chi connectivity index (χ1v) is 12.7. The molecular formula is C27H31N5O4S. The number of methoxy groups -OCH3 is 1. The minimum Gasteiger partial charge on any atom is -0.465 e. The van der Waals surface area contributed by atoms with E-state index in [-0.39, 0.29) is 29.0 Å². The number of anilines is 1. The molecule has 9 nitrogen and oxygen atoms in total. The highest BCUT2D eigenvalue weighted by atomic mass is 32.2. The average molecular weight is 522 g/mol. The number of hydrogen-bond donors (Lipinski definition) is 2. The first-order valence-electron chi connectivity index (χ1n) is 11.8. The number of ether oxygens (including phenoxy) is 1. The van der Waals surface area contributed by atoms with Crippen LogP contribution in [0.25, 0.3) is 0 Å². The van der Waals surface area contributed by atoms with Gasteiger partial charge < -0.3 is 19.9 Å². The summed E-state index contributed by atoms with van der Waals surface area (Å²) in [4.78, 5) is 37.6. The molecule has 0 saturated heterocycles. The molecule has 0 fully saturated rings. The number of carbonyl (C=O) groups is 3. The van der Waals surface area contributed by atoms with Gasteiger partial charge in [0.1, 0.15) is 0 Å². The number of esters is 1. The lowest BCUT2D eigenvalue weighted by atomic mass is 10.0. The zero-order chi connectivity index (χ0) is 26.9. The molecule has 10 heteroatoms. The summed E-state index contributed by atoms with van der Waals surface area (Å²) in [6.45, 7) is 10.2. The maximum atomic E-state index is 13.0. The predicted octanol–water partition coefficient (Wildman–Crippen LogP) is 4.42. The average Bonchev–Trinajstić information content (AvgIpc) is 3.27. The number of hydrogen-bond acceptors (Lipinski definition) is 7. The number of nitrogens with one attached hydrogen (secondary N) is 2. The van der Waals surface area contributed by atoms with Crippen molar-refractivity contribution in [2.24, 2.45) is 5.92 Å². The molecule has 2 amide bonds. The number of aryl methyl sites for hydroxylation is 1. The zero-order valence-corrected chi connectivity index (χ0v) is 22.2. The summed E-state index contributed by atoms with van der Waals surface area (Å²) in [5, 5.41) is 15.0. The maximum absolute atomic E-state index is 13.0. The molecule has 194 valence electrons. The van der Waals surface area contributed by atoms with E-state index in [4.69, 9.17) is 4.74 Å². The minimum atomic E-state index is -0.536. The van der Waals surface area contributed by atoms with Crippen molar-refractivity contribution in [1.29, 1.82) is 0 Å². The molecule has 0 bridgehead atoms. The van der Waals surface area contributed by atoms with Crippen LogP contribution in [-0.4, -0.2) is 45.4 Å². The molecule has 0 aliphatic heterocycles. The quantitative estimate of drug-likeness (QED) is 0.218. The van der Waals surface area contributed by atoms with Crippen LogP contribution in [0.15, 0.2) is 66.3 Å². The first kappa shape index (κ1) is 27.7. The Morgan fingerprint density at radius 1 is 1.14 bits per heavy atom. The lowest BCUT2D eigenvalue weighted by Crippen LogP contribution is -2.34. The Morgan fingerprint density at radius 2 is 1.89 bits per heavy atom. The van der Waals surface area contributed by atoms with E-state index in [1.807, 2.05) is 43.5 Å². The summed E-state index contributed by atoms with van der Waals surface area (Å²) in [5.74, 6) is -0.413. The van der Waals surface area contributed by atoms with E-state index in [1.165, 1.54) is 18.9 Å². The van der Waals surface area contributed by atoms with E-state index in [1.54, 1.807) is 36.4 Å². The van der Waals surface area contributed by atoms with E-state index in [0.717, 1.165) is 5.56 Å². The molecule has 3 aromatic rings. The van der Waals surface area contributed by atoms with Crippen molar-refractivity contribution >= 4 is 35.2 Å². The van der Waals surface area contributed by atoms with Crippen LogP contribution in [0, 0.1) is 12.8 Å². The second kappa shape index (κ2) is 12.9. The van der Waals surface area contributed by atoms with Gasteiger partial charge in [0.25, 0.3) is 5.91 Å². The van der Waals surface area contributed by atoms with E-state index >= 15 is 0 Å². The van der Waals surface area contributed by atoms with Gasteiger partial charge in [-0.15, -0.1) is 16.8 Å². The van der Waals surface area contributed by atoms with Crippen molar-refractivity contribution in [3.63, 3.8) is 0 Å². The largest absolute Gasteiger partial charge is 0.465 e. The van der Waals surface area contributed by atoms with E-state index in [9.17, 15) is 14.4 Å². The van der Waals surface area contributed by atoms with E-state index < -0.39 is 12.0 Å². The molecule has 2 N–H and O–H groups in total. The number of thioether (sulfide) groups is 1. The minimum absolute atomic E-state index is 0.0255. The molecule has 1 atom stereocenters. The lowest BCUT2D eigenvalue weighted by Gasteiger charge is -2.22. The number of para-hydroxylation sites is 1. The van der Waals surface area contributed by atoms with Crippen LogP contribution in [0.2, 0.25) is 0 Å². The first-order chi connectivity index (χ1) is 17.7. The van der Waals surface area contributed by atoms with Gasteiger partial charge in [0.05, 0.1) is 30.2 Å². The third-order valence-electron chi connectivity index (χ3n) is 5.51. The third-order valence-corrected chi connectivity index (χ3v) is 6.47. The van der Waals surface area contributed by atoms with E-state index in [0.29, 0.717) is 28.8 Å². The predicted molar refractivity (Wildman–Crippen MR) is 144 cm³/mol. The Bertz CT molecular complexity index is 1290. The number of nitrogens with zero attached hydrogens (tertiary/aromatic N) is 3. The Morgan fingerprint density at radius 3 is 2.57 bits per heavy atom. The molecule has 0 aliphatic rings. The molecule has 0 unspecified atom stereocenters. The molecule has 0 radical (unpaired) electrons. The van der Waals surface area contributed by atoms with Gasteiger partial charge in [0.2, 0.25) is 5.91 Å². The van der Waals surface area contributed by atoms with Gasteiger partial charge in [-0.1, -0.05) is 61.5 Å².